The van der Waals surface area contributed by atoms with E-state index in [9.17, 15) is 18.8 Å². The second-order valence-electron chi connectivity index (χ2n) is 7.08. The summed E-state index contributed by atoms with van der Waals surface area (Å²) in [5, 5.41) is 2.76. The minimum atomic E-state index is -0.872. The molecule has 0 aliphatic heterocycles. The number of halogens is 1. The molecule has 1 saturated carbocycles. The fourth-order valence-corrected chi connectivity index (χ4v) is 3.21. The fourth-order valence-electron chi connectivity index (χ4n) is 3.21. The number of nitrogens with zero attached hydrogens (tertiary/aromatic N) is 1. The number of aryl methyl sites for hydroxylation is 1. The average Bonchev–Trinajstić information content (AvgIpc) is 2.61. The molecule has 0 spiro atoms. The Kier molecular flexibility index (Phi) is 5.54. The summed E-state index contributed by atoms with van der Waals surface area (Å²) in [7, 11) is 0. The molecule has 0 radical (unpaired) electrons. The number of pyridine rings is 1. The van der Waals surface area contributed by atoms with Crippen LogP contribution in [0.2, 0.25) is 0 Å². The van der Waals surface area contributed by atoms with Crippen molar-refractivity contribution in [3.63, 3.8) is 0 Å². The van der Waals surface area contributed by atoms with Gasteiger partial charge in [0, 0.05) is 18.7 Å². The fraction of sp³-hybridized carbons (Fsp3) is 0.381. The maximum absolute atomic E-state index is 13.0. The molecule has 1 amide bonds. The van der Waals surface area contributed by atoms with Crippen LogP contribution in [-0.2, 0) is 6.54 Å². The third-order valence-electron chi connectivity index (χ3n) is 4.82. The summed E-state index contributed by atoms with van der Waals surface area (Å²) in [5.41, 5.74) is 1.80. The maximum Gasteiger partial charge on any atom is 0.261 e. The van der Waals surface area contributed by atoms with E-state index in [2.05, 4.69) is 5.32 Å². The van der Waals surface area contributed by atoms with Crippen LogP contribution in [0, 0.1) is 6.92 Å². The highest BCUT2D eigenvalue weighted by Crippen LogP contribution is 2.23. The molecule has 27 heavy (non-hydrogen) atoms. The summed E-state index contributed by atoms with van der Waals surface area (Å²) in [6.45, 7) is 3.90. The molecule has 6 heteroatoms. The molecule has 0 atom stereocenters. The molecule has 142 valence electrons. The van der Waals surface area contributed by atoms with Crippen LogP contribution in [0.1, 0.15) is 58.0 Å². The number of amides is 1. The van der Waals surface area contributed by atoms with E-state index in [0.717, 1.165) is 11.1 Å². The summed E-state index contributed by atoms with van der Waals surface area (Å²) < 4.78 is 14.4. The van der Waals surface area contributed by atoms with Crippen molar-refractivity contribution >= 4 is 11.7 Å². The molecular weight excluding hydrogens is 347 g/mol. The number of hydrogen-bond donors (Lipinski definition) is 1. The van der Waals surface area contributed by atoms with Gasteiger partial charge < -0.3 is 9.88 Å². The van der Waals surface area contributed by atoms with Gasteiger partial charge in [0.2, 0.25) is 0 Å². The van der Waals surface area contributed by atoms with Crippen molar-refractivity contribution in [3.8, 4) is 0 Å². The summed E-state index contributed by atoms with van der Waals surface area (Å²) in [4.78, 5) is 37.5. The zero-order valence-corrected chi connectivity index (χ0v) is 15.5. The number of carbonyl (C=O) groups excluding carboxylic acids is 2. The highest BCUT2D eigenvalue weighted by atomic mass is 19.1. The van der Waals surface area contributed by atoms with E-state index in [1.807, 2.05) is 31.2 Å². The van der Waals surface area contributed by atoms with Crippen LogP contribution in [0.4, 0.5) is 4.39 Å². The van der Waals surface area contributed by atoms with E-state index in [1.165, 1.54) is 16.8 Å². The number of hydrogen-bond acceptors (Lipinski definition) is 3. The van der Waals surface area contributed by atoms with Crippen molar-refractivity contribution in [2.24, 2.45) is 0 Å². The Morgan fingerprint density at radius 3 is 2.63 bits per heavy atom. The summed E-state index contributed by atoms with van der Waals surface area (Å²) in [6, 6.07) is 8.85. The van der Waals surface area contributed by atoms with Gasteiger partial charge in [0.15, 0.2) is 5.78 Å². The Morgan fingerprint density at radius 1 is 1.26 bits per heavy atom. The lowest BCUT2D eigenvalue weighted by atomic mass is 9.90. The van der Waals surface area contributed by atoms with Gasteiger partial charge in [-0.05, 0) is 31.4 Å². The number of rotatable bonds is 6. The van der Waals surface area contributed by atoms with Gasteiger partial charge in [-0.3, -0.25) is 14.4 Å². The van der Waals surface area contributed by atoms with E-state index in [1.54, 1.807) is 6.92 Å². The van der Waals surface area contributed by atoms with Gasteiger partial charge in [0.05, 0.1) is 17.7 Å². The normalized spacial score (nSPS) is 18.6. The minimum Gasteiger partial charge on any atom is -0.349 e. The van der Waals surface area contributed by atoms with Crippen LogP contribution < -0.4 is 10.9 Å². The lowest BCUT2D eigenvalue weighted by Gasteiger charge is -2.30. The van der Waals surface area contributed by atoms with Crippen LogP contribution in [0.3, 0.4) is 0 Å². The number of nitrogens with one attached hydrogen (secondary N) is 1. The Morgan fingerprint density at radius 2 is 2.00 bits per heavy atom. The topological polar surface area (TPSA) is 68.2 Å². The maximum atomic E-state index is 13.0. The first-order chi connectivity index (χ1) is 12.9. The second kappa shape index (κ2) is 7.86. The van der Waals surface area contributed by atoms with Crippen molar-refractivity contribution in [1.82, 2.24) is 9.88 Å². The van der Waals surface area contributed by atoms with Crippen LogP contribution >= 0.6 is 0 Å². The van der Waals surface area contributed by atoms with E-state index in [-0.39, 0.29) is 35.9 Å². The first kappa shape index (κ1) is 19.0. The molecule has 0 saturated heterocycles. The average molecular weight is 370 g/mol. The number of aromatic nitrogens is 1. The zero-order chi connectivity index (χ0) is 19.6. The van der Waals surface area contributed by atoms with Crippen LogP contribution in [-0.4, -0.2) is 28.5 Å². The van der Waals surface area contributed by atoms with Gasteiger partial charge in [-0.1, -0.05) is 36.8 Å². The SMILES string of the molecule is CCC(=O)c1cc(C(=O)NC2CC(F)C2)cn(Cc2cccc(C)c2)c1=O. The van der Waals surface area contributed by atoms with Gasteiger partial charge in [0.25, 0.3) is 11.5 Å². The number of ketones is 1. The molecule has 2 aromatic rings. The van der Waals surface area contributed by atoms with E-state index < -0.39 is 17.6 Å². The van der Waals surface area contributed by atoms with E-state index in [0.29, 0.717) is 12.8 Å². The number of alkyl halides is 1. The zero-order valence-electron chi connectivity index (χ0n) is 15.5. The largest absolute Gasteiger partial charge is 0.349 e. The van der Waals surface area contributed by atoms with Crippen molar-refractivity contribution in [2.75, 3.05) is 0 Å². The van der Waals surface area contributed by atoms with Crippen LogP contribution in [0.15, 0.2) is 41.3 Å². The van der Waals surface area contributed by atoms with E-state index in [4.69, 9.17) is 0 Å². The quantitative estimate of drug-likeness (QED) is 0.795. The first-order valence-electron chi connectivity index (χ1n) is 9.15. The standard InChI is InChI=1S/C21H23FN2O3/c1-3-19(25)18-8-15(20(26)23-17-9-16(22)10-17)12-24(21(18)27)11-14-6-4-5-13(2)7-14/h4-8,12,16-17H,3,9-11H2,1-2H3,(H,23,26). The Balaban J connectivity index is 1.94. The Labute approximate surface area is 157 Å². The molecule has 1 fully saturated rings. The third kappa shape index (κ3) is 4.32. The number of carbonyl (C=O) groups is 2. The lowest BCUT2D eigenvalue weighted by Crippen LogP contribution is -2.45. The summed E-state index contributed by atoms with van der Waals surface area (Å²) in [5.74, 6) is -0.699. The van der Waals surface area contributed by atoms with Gasteiger partial charge in [-0.15, -0.1) is 0 Å². The second-order valence-corrected chi connectivity index (χ2v) is 7.08. The van der Waals surface area contributed by atoms with Gasteiger partial charge in [-0.2, -0.15) is 0 Å². The number of Topliss-reactive ketones (excluding diaryl/α,β-unsaturated/α-hetero) is 1. The van der Waals surface area contributed by atoms with Gasteiger partial charge in [-0.25, -0.2) is 4.39 Å². The molecule has 0 bridgehead atoms. The number of benzene rings is 1. The summed E-state index contributed by atoms with van der Waals surface area (Å²) >= 11 is 0. The van der Waals surface area contributed by atoms with Crippen LogP contribution in [0.25, 0.3) is 0 Å². The van der Waals surface area contributed by atoms with Crippen LogP contribution in [0.5, 0.6) is 0 Å². The molecule has 3 rings (SSSR count). The first-order valence-corrected chi connectivity index (χ1v) is 9.15. The molecule has 1 N–H and O–H groups in total. The highest BCUT2D eigenvalue weighted by molar-refractivity contribution is 6.00. The highest BCUT2D eigenvalue weighted by Gasteiger charge is 2.30. The van der Waals surface area contributed by atoms with Crippen molar-refractivity contribution in [3.05, 3.63) is 69.1 Å². The smallest absolute Gasteiger partial charge is 0.261 e. The molecule has 0 unspecified atom stereocenters. The molecule has 1 aliphatic carbocycles. The molecule has 5 nitrogen and oxygen atoms in total. The Bertz CT molecular complexity index is 929. The predicted molar refractivity (Wildman–Crippen MR) is 101 cm³/mol. The van der Waals surface area contributed by atoms with E-state index >= 15 is 0 Å². The third-order valence-corrected chi connectivity index (χ3v) is 4.82. The molecular formula is C21H23FN2O3. The van der Waals surface area contributed by atoms with Crippen molar-refractivity contribution < 1.29 is 14.0 Å². The minimum absolute atomic E-state index is 0.00906. The molecule has 1 aromatic heterocycles. The van der Waals surface area contributed by atoms with Crippen molar-refractivity contribution in [2.45, 2.75) is 51.9 Å². The van der Waals surface area contributed by atoms with Gasteiger partial charge in [0.1, 0.15) is 6.17 Å². The Hall–Kier alpha value is -2.76. The lowest BCUT2D eigenvalue weighted by molar-refractivity contribution is 0.0859. The van der Waals surface area contributed by atoms with Crippen molar-refractivity contribution in [1.29, 1.82) is 0 Å². The molecule has 1 heterocycles. The van der Waals surface area contributed by atoms with Gasteiger partial charge >= 0.3 is 0 Å². The molecule has 1 aliphatic rings. The molecule has 1 aromatic carbocycles. The monoisotopic (exact) mass is 370 g/mol. The predicted octanol–water partition coefficient (Wildman–Crippen LogP) is 3.03. The summed E-state index contributed by atoms with van der Waals surface area (Å²) in [6.07, 6.45) is 1.38.